The van der Waals surface area contributed by atoms with Crippen molar-refractivity contribution in [2.24, 2.45) is 0 Å². The fourth-order valence-corrected chi connectivity index (χ4v) is 15.8. The van der Waals surface area contributed by atoms with Crippen LogP contribution in [0.2, 0.25) is 0 Å². The summed E-state index contributed by atoms with van der Waals surface area (Å²) in [4.78, 5) is 60.4. The molecule has 0 aliphatic heterocycles. The lowest BCUT2D eigenvalue weighted by Crippen LogP contribution is -2.34. The normalized spacial score (nSPS) is 13.9. The first-order valence-electron chi connectivity index (χ1n) is 39.0. The van der Waals surface area contributed by atoms with E-state index < -0.39 is 341 Å². The van der Waals surface area contributed by atoms with E-state index in [0.29, 0.717) is 72.8 Å². The number of benzene rings is 12. The van der Waals surface area contributed by atoms with Crippen molar-refractivity contribution in [3.8, 4) is 184 Å². The summed E-state index contributed by atoms with van der Waals surface area (Å²) >= 11 is 0. The van der Waals surface area contributed by atoms with Gasteiger partial charge < -0.3 is 182 Å². The van der Waals surface area contributed by atoms with Crippen molar-refractivity contribution in [2.75, 3.05) is 0 Å². The maximum absolute atomic E-state index is 15.5. The number of rotatable bonds is 27. The summed E-state index contributed by atoms with van der Waals surface area (Å²) in [6, 6.07) is 17.6. The van der Waals surface area contributed by atoms with Gasteiger partial charge >= 0.3 is 23.9 Å². The Morgan fingerprint density at radius 1 is 0.212 bits per heavy atom. The molecule has 12 rings (SSSR count). The topological polar surface area (TPSA) is 753 Å². The predicted molar refractivity (Wildman–Crippen MR) is 450 cm³/mol. The quantitative estimate of drug-likeness (QED) is 0.0129. The zero-order chi connectivity index (χ0) is 97.0. The molecule has 0 aromatic heterocycles. The number of hydrogen-bond acceptors (Lipinski definition) is 40. The lowest BCUT2D eigenvalue weighted by atomic mass is 9.72. The van der Waals surface area contributed by atoms with Gasteiger partial charge in [0.15, 0.2) is 115 Å². The van der Waals surface area contributed by atoms with Gasteiger partial charge in [-0.25, -0.2) is 19.2 Å². The van der Waals surface area contributed by atoms with Gasteiger partial charge in [-0.15, -0.1) is 0 Å². The van der Waals surface area contributed by atoms with E-state index in [1.807, 2.05) is 0 Å². The number of carbonyl (C=O) groups is 4. The highest BCUT2D eigenvalue weighted by Gasteiger charge is 2.50. The molecular formula is C92H82O40. The summed E-state index contributed by atoms with van der Waals surface area (Å²) in [6.07, 6.45) is -10.9. The van der Waals surface area contributed by atoms with Gasteiger partial charge in [0, 0.05) is 99.4 Å². The standard InChI is InChI=1S/C92H82O40/c1-31(35-5-9-45(94)50(99)13-35)69(129-89(125)39-17-61(110)80(119)62(111)18-39)27-44-49(98)28-56(105)71(79(44)118)77(87(33(3)37-7-11-47(96)52(101)15-37)131-91(127)41-21-65(114)82(121)66(115)22-41)73-58(107)30-60(109)75(85(73)124)78(88(34(4)38-8-12-48(97)53(102)16-38)132-92(128)42-23-67(116)83(122)68(117)24-42)74-59(108)29-57(106)72(84(74)123)76(70-54(103)25-43(93)26-55(70)104)86(32(2)36-6-10-46(95)51(100)14-36)130-90(126)40-19-63(112)81(120)64(113)20-40/h5-26,28-34,69,76-78,86-88,93-124H,27H2,1-4H3. The number of hydrogen-bond donors (Lipinski definition) is 32. The van der Waals surface area contributed by atoms with E-state index in [1.165, 1.54) is 13.0 Å². The lowest BCUT2D eigenvalue weighted by molar-refractivity contribution is 0.0185. The smallest absolute Gasteiger partial charge is 0.338 e. The Bertz CT molecular complexity index is 6500. The molecule has 0 saturated carbocycles. The summed E-state index contributed by atoms with van der Waals surface area (Å²) < 4.78 is 24.8. The molecule has 132 heavy (non-hydrogen) atoms. The van der Waals surface area contributed by atoms with Gasteiger partial charge in [-0.2, -0.15) is 0 Å². The van der Waals surface area contributed by atoms with Crippen LogP contribution in [0, 0.1) is 0 Å². The maximum Gasteiger partial charge on any atom is 0.338 e. The van der Waals surface area contributed by atoms with Crippen molar-refractivity contribution < 1.29 is 202 Å². The predicted octanol–water partition coefficient (Wildman–Crippen LogP) is 11.3. The zero-order valence-electron chi connectivity index (χ0n) is 68.6. The fraction of sp³-hybridized carbons (Fsp3) is 0.174. The van der Waals surface area contributed by atoms with E-state index >= 15 is 14.4 Å². The first-order chi connectivity index (χ1) is 62.0. The molecular weight excluding hydrogens is 1740 g/mol. The Labute approximate surface area is 741 Å². The molecule has 12 aromatic rings. The molecule has 40 heteroatoms. The van der Waals surface area contributed by atoms with Crippen LogP contribution >= 0.6 is 0 Å². The van der Waals surface area contributed by atoms with Gasteiger partial charge in [0.1, 0.15) is 93.4 Å². The minimum Gasteiger partial charge on any atom is -0.508 e. The number of phenols is 32. The van der Waals surface area contributed by atoms with Crippen LogP contribution in [0.5, 0.6) is 184 Å². The second kappa shape index (κ2) is 36.2. The highest BCUT2D eigenvalue weighted by atomic mass is 16.6. The average Bonchev–Trinajstić information content (AvgIpc) is 0.723. The van der Waals surface area contributed by atoms with Crippen molar-refractivity contribution in [3.05, 3.63) is 235 Å². The Kier molecular flexibility index (Phi) is 25.6. The lowest BCUT2D eigenvalue weighted by Gasteiger charge is -2.38. The Hall–Kier alpha value is -17.9. The molecule has 0 heterocycles. The Morgan fingerprint density at radius 2 is 0.432 bits per heavy atom. The number of aromatic hydroxyl groups is 32. The second-order valence-corrected chi connectivity index (χ2v) is 31.0. The van der Waals surface area contributed by atoms with Gasteiger partial charge in [0.25, 0.3) is 0 Å². The number of carbonyl (C=O) groups excluding carboxylic acids is 4. The summed E-state index contributed by atoms with van der Waals surface area (Å²) in [5, 5.41) is 371. The van der Waals surface area contributed by atoms with Crippen LogP contribution in [0.15, 0.2) is 152 Å². The van der Waals surface area contributed by atoms with Crippen LogP contribution in [0.4, 0.5) is 0 Å². The summed E-state index contributed by atoms with van der Waals surface area (Å²) in [7, 11) is 0. The summed E-state index contributed by atoms with van der Waals surface area (Å²) in [5.74, 6) is -61.1. The molecule has 11 unspecified atom stereocenters. The van der Waals surface area contributed by atoms with E-state index in [0.717, 1.165) is 87.5 Å². The van der Waals surface area contributed by atoms with Gasteiger partial charge in [-0.1, -0.05) is 52.0 Å². The van der Waals surface area contributed by atoms with Crippen LogP contribution in [-0.4, -0.2) is 212 Å². The number of ether oxygens (including phenoxy) is 4. The summed E-state index contributed by atoms with van der Waals surface area (Å²) in [6.45, 7) is 4.62. The van der Waals surface area contributed by atoms with Crippen molar-refractivity contribution in [1.29, 1.82) is 0 Å². The molecule has 690 valence electrons. The molecule has 0 aliphatic carbocycles. The molecule has 0 radical (unpaired) electrons. The number of esters is 4. The van der Waals surface area contributed by atoms with Crippen molar-refractivity contribution in [1.82, 2.24) is 0 Å². The van der Waals surface area contributed by atoms with E-state index in [1.54, 1.807) is 0 Å². The van der Waals surface area contributed by atoms with E-state index in [4.69, 9.17) is 18.9 Å². The Morgan fingerprint density at radius 3 is 0.689 bits per heavy atom. The monoisotopic (exact) mass is 1830 g/mol. The van der Waals surface area contributed by atoms with Crippen LogP contribution in [0.3, 0.4) is 0 Å². The van der Waals surface area contributed by atoms with Gasteiger partial charge in [0.2, 0.25) is 0 Å². The van der Waals surface area contributed by atoms with Crippen molar-refractivity contribution >= 4 is 23.9 Å². The molecule has 0 spiro atoms. The third kappa shape index (κ3) is 17.9. The molecule has 11 atom stereocenters. The minimum absolute atomic E-state index is 0.0482. The molecule has 32 N–H and O–H groups in total. The largest absolute Gasteiger partial charge is 0.508 e. The van der Waals surface area contributed by atoms with Crippen LogP contribution in [-0.2, 0) is 25.4 Å². The van der Waals surface area contributed by atoms with Crippen molar-refractivity contribution in [2.45, 2.75) is 100.0 Å². The van der Waals surface area contributed by atoms with Crippen LogP contribution in [0.1, 0.15) is 172 Å². The second-order valence-electron chi connectivity index (χ2n) is 31.0. The minimum atomic E-state index is -3.00. The first-order valence-corrected chi connectivity index (χ1v) is 39.0. The third-order valence-electron chi connectivity index (χ3n) is 22.8. The molecule has 0 bridgehead atoms. The van der Waals surface area contributed by atoms with Gasteiger partial charge in [-0.3, -0.25) is 0 Å². The van der Waals surface area contributed by atoms with E-state index in [-0.39, 0.29) is 28.3 Å². The van der Waals surface area contributed by atoms with E-state index in [2.05, 4.69) is 0 Å². The van der Waals surface area contributed by atoms with Gasteiger partial charge in [-0.05, 0) is 119 Å². The maximum atomic E-state index is 15.5. The zero-order valence-corrected chi connectivity index (χ0v) is 68.6. The molecule has 0 fully saturated rings. The first kappa shape index (κ1) is 93.3. The SMILES string of the molecule is CC(c1ccc(O)c(O)c1)C(Cc1c(O)cc(O)c(C(c2c(O)cc(O)c(C(c3c(O)cc(O)c(C(c4c(O)cc(O)cc4O)C(OC(=O)c4cc(O)c(O)c(O)c4)C(C)c4ccc(O)c(O)c4)c3O)C(OC(=O)c3cc(O)c(O)c(O)c3)C(C)c3ccc(O)c(O)c3)c2O)C(OC(=O)c2cc(O)c(O)c(O)c2)C(C)c2ccc(O)c(O)c2)c1O)OC(=O)c1cc(O)c(O)c(O)c1. The molecule has 0 aliphatic rings. The highest BCUT2D eigenvalue weighted by molar-refractivity contribution is 5.94. The molecule has 0 amide bonds. The third-order valence-corrected chi connectivity index (χ3v) is 22.8. The molecule has 40 nitrogen and oxygen atoms in total. The van der Waals surface area contributed by atoms with E-state index in [9.17, 15) is 168 Å². The molecule has 0 saturated heterocycles. The highest BCUT2D eigenvalue weighted by Crippen LogP contribution is 2.62. The summed E-state index contributed by atoms with van der Waals surface area (Å²) in [5.41, 5.74) is -13.3. The fourth-order valence-electron chi connectivity index (χ4n) is 15.8. The van der Waals surface area contributed by atoms with Crippen LogP contribution in [0.25, 0.3) is 0 Å². The average molecular weight is 1830 g/mol. The molecule has 12 aromatic carbocycles. The van der Waals surface area contributed by atoms with Crippen molar-refractivity contribution in [3.63, 3.8) is 0 Å². The Balaban J connectivity index is 1.25. The van der Waals surface area contributed by atoms with Gasteiger partial charge in [0.05, 0.1) is 40.0 Å². The number of phenolic OH excluding ortho intramolecular Hbond substituents is 32. The van der Waals surface area contributed by atoms with Crippen LogP contribution < -0.4 is 0 Å².